The minimum Gasteiger partial charge on any atom is -0.493 e. The number of halogens is 2. The van der Waals surface area contributed by atoms with Crippen LogP contribution in [-0.4, -0.2) is 37.6 Å². The standard InChI is InChI=1S/C24H28F2N2O3/c1-16(27-17(2)29)18-3-7-22(8-4-18)31-23-11-12-28(14-23)20-5-9-21(10-6-20)30-15-19-13-24(19,25)26/h3-10,16,19,23H,11-15H2,1-2H3,(H,27,29)/t16-,19?,23?/m0/s1. The van der Waals surface area contributed by atoms with E-state index in [2.05, 4.69) is 10.2 Å². The van der Waals surface area contributed by atoms with Gasteiger partial charge in [-0.25, -0.2) is 8.78 Å². The van der Waals surface area contributed by atoms with Crippen molar-refractivity contribution in [2.45, 2.75) is 44.8 Å². The van der Waals surface area contributed by atoms with Crippen molar-refractivity contribution < 1.29 is 23.0 Å². The van der Waals surface area contributed by atoms with Crippen molar-refractivity contribution >= 4 is 11.6 Å². The number of anilines is 1. The van der Waals surface area contributed by atoms with Gasteiger partial charge in [-0.2, -0.15) is 0 Å². The predicted molar refractivity (Wildman–Crippen MR) is 115 cm³/mol. The van der Waals surface area contributed by atoms with E-state index in [0.717, 1.165) is 36.5 Å². The second-order valence-corrected chi connectivity index (χ2v) is 8.43. The largest absolute Gasteiger partial charge is 0.493 e. The number of carbonyl (C=O) groups is 1. The Bertz CT molecular complexity index is 902. The molecule has 2 aromatic rings. The van der Waals surface area contributed by atoms with Gasteiger partial charge >= 0.3 is 0 Å². The quantitative estimate of drug-likeness (QED) is 0.666. The molecule has 1 aliphatic heterocycles. The Kier molecular flexibility index (Phi) is 6.03. The predicted octanol–water partition coefficient (Wildman–Crippen LogP) is 4.58. The molecule has 3 atom stereocenters. The second-order valence-electron chi connectivity index (χ2n) is 8.43. The van der Waals surface area contributed by atoms with Gasteiger partial charge in [0.1, 0.15) is 17.6 Å². The minimum absolute atomic E-state index is 0.0405. The summed E-state index contributed by atoms with van der Waals surface area (Å²) in [6.45, 7) is 5.18. The van der Waals surface area contributed by atoms with Crippen LogP contribution >= 0.6 is 0 Å². The van der Waals surface area contributed by atoms with Gasteiger partial charge in [0.2, 0.25) is 5.91 Å². The number of ether oxygens (including phenoxy) is 2. The summed E-state index contributed by atoms with van der Waals surface area (Å²) >= 11 is 0. The Labute approximate surface area is 181 Å². The number of hydrogen-bond acceptors (Lipinski definition) is 4. The first-order valence-electron chi connectivity index (χ1n) is 10.7. The number of rotatable bonds is 8. The topological polar surface area (TPSA) is 50.8 Å². The highest BCUT2D eigenvalue weighted by Gasteiger charge is 2.57. The van der Waals surface area contributed by atoms with Gasteiger partial charge in [0, 0.05) is 32.0 Å². The summed E-state index contributed by atoms with van der Waals surface area (Å²) in [6, 6.07) is 15.4. The number of alkyl halides is 2. The van der Waals surface area contributed by atoms with Gasteiger partial charge in [-0.3, -0.25) is 4.79 Å². The molecule has 0 radical (unpaired) electrons. The van der Waals surface area contributed by atoms with Gasteiger partial charge in [0.05, 0.1) is 25.1 Å². The van der Waals surface area contributed by atoms with Gasteiger partial charge in [-0.15, -0.1) is 0 Å². The molecule has 0 bridgehead atoms. The minimum atomic E-state index is -2.55. The molecule has 4 rings (SSSR count). The van der Waals surface area contributed by atoms with Crippen molar-refractivity contribution in [3.63, 3.8) is 0 Å². The fourth-order valence-corrected chi connectivity index (χ4v) is 3.88. The van der Waals surface area contributed by atoms with Crippen molar-refractivity contribution in [2.75, 3.05) is 24.6 Å². The summed E-state index contributed by atoms with van der Waals surface area (Å²) in [5.41, 5.74) is 2.10. The number of nitrogens with one attached hydrogen (secondary N) is 1. The van der Waals surface area contributed by atoms with Gasteiger partial charge < -0.3 is 19.7 Å². The molecule has 2 unspecified atom stereocenters. The first-order chi connectivity index (χ1) is 14.8. The van der Waals surface area contributed by atoms with E-state index in [9.17, 15) is 13.6 Å². The highest BCUT2D eigenvalue weighted by Crippen LogP contribution is 2.48. The Morgan fingerprint density at radius 3 is 2.42 bits per heavy atom. The van der Waals surface area contributed by atoms with Crippen LogP contribution in [0.3, 0.4) is 0 Å². The molecule has 1 saturated heterocycles. The molecule has 5 nitrogen and oxygen atoms in total. The average Bonchev–Trinajstić information content (AvgIpc) is 3.11. The van der Waals surface area contributed by atoms with Crippen LogP contribution in [0.4, 0.5) is 14.5 Å². The summed E-state index contributed by atoms with van der Waals surface area (Å²) in [5.74, 6) is -1.82. The molecule has 1 aliphatic carbocycles. The molecular formula is C24H28F2N2O3. The van der Waals surface area contributed by atoms with Crippen molar-refractivity contribution in [2.24, 2.45) is 5.92 Å². The van der Waals surface area contributed by atoms with Crippen molar-refractivity contribution in [1.29, 1.82) is 0 Å². The van der Waals surface area contributed by atoms with E-state index in [-0.39, 0.29) is 31.1 Å². The monoisotopic (exact) mass is 430 g/mol. The third-order valence-corrected chi connectivity index (χ3v) is 5.86. The van der Waals surface area contributed by atoms with Crippen LogP contribution in [0.15, 0.2) is 48.5 Å². The number of amides is 1. The molecule has 2 aromatic carbocycles. The van der Waals surface area contributed by atoms with E-state index >= 15 is 0 Å². The lowest BCUT2D eigenvalue weighted by Gasteiger charge is -2.20. The van der Waals surface area contributed by atoms with E-state index < -0.39 is 11.8 Å². The Morgan fingerprint density at radius 1 is 1.16 bits per heavy atom. The maximum Gasteiger partial charge on any atom is 0.255 e. The molecule has 0 aromatic heterocycles. The zero-order valence-corrected chi connectivity index (χ0v) is 17.8. The zero-order chi connectivity index (χ0) is 22.0. The maximum atomic E-state index is 12.9. The third-order valence-electron chi connectivity index (χ3n) is 5.86. The maximum absolute atomic E-state index is 12.9. The Morgan fingerprint density at radius 2 is 1.81 bits per heavy atom. The van der Waals surface area contributed by atoms with Crippen LogP contribution in [0.1, 0.15) is 38.3 Å². The van der Waals surface area contributed by atoms with E-state index in [0.29, 0.717) is 5.75 Å². The normalized spacial score (nSPS) is 22.6. The lowest BCUT2D eigenvalue weighted by molar-refractivity contribution is -0.119. The van der Waals surface area contributed by atoms with Gasteiger partial charge in [0.15, 0.2) is 0 Å². The van der Waals surface area contributed by atoms with Crippen LogP contribution in [-0.2, 0) is 4.79 Å². The molecule has 7 heteroatoms. The zero-order valence-electron chi connectivity index (χ0n) is 17.8. The van der Waals surface area contributed by atoms with Gasteiger partial charge in [0.25, 0.3) is 5.92 Å². The first-order valence-corrected chi connectivity index (χ1v) is 10.7. The fourth-order valence-electron chi connectivity index (χ4n) is 3.88. The highest BCUT2D eigenvalue weighted by molar-refractivity contribution is 5.73. The summed E-state index contributed by atoms with van der Waals surface area (Å²) < 4.78 is 37.5. The Hall–Kier alpha value is -2.83. The smallest absolute Gasteiger partial charge is 0.255 e. The Balaban J connectivity index is 1.26. The van der Waals surface area contributed by atoms with Crippen LogP contribution in [0, 0.1) is 5.92 Å². The summed E-state index contributed by atoms with van der Waals surface area (Å²) in [4.78, 5) is 13.4. The fraction of sp³-hybridized carbons (Fsp3) is 0.458. The molecular weight excluding hydrogens is 402 g/mol. The number of hydrogen-bond donors (Lipinski definition) is 1. The van der Waals surface area contributed by atoms with Crippen molar-refractivity contribution in [3.8, 4) is 11.5 Å². The second kappa shape index (κ2) is 8.73. The molecule has 1 heterocycles. The molecule has 2 aliphatic rings. The molecule has 0 spiro atoms. The first kappa shape index (κ1) is 21.4. The molecule has 1 saturated carbocycles. The molecule has 1 amide bonds. The molecule has 31 heavy (non-hydrogen) atoms. The van der Waals surface area contributed by atoms with E-state index in [1.54, 1.807) is 0 Å². The van der Waals surface area contributed by atoms with Crippen LogP contribution in [0.2, 0.25) is 0 Å². The van der Waals surface area contributed by atoms with Crippen LogP contribution in [0.5, 0.6) is 11.5 Å². The summed E-state index contributed by atoms with van der Waals surface area (Å²) in [7, 11) is 0. The van der Waals surface area contributed by atoms with E-state index in [1.165, 1.54) is 6.92 Å². The average molecular weight is 430 g/mol. The van der Waals surface area contributed by atoms with Crippen molar-refractivity contribution in [3.05, 3.63) is 54.1 Å². The van der Waals surface area contributed by atoms with E-state index in [1.807, 2.05) is 55.5 Å². The van der Waals surface area contributed by atoms with Crippen LogP contribution in [0.25, 0.3) is 0 Å². The summed E-state index contributed by atoms with van der Waals surface area (Å²) in [6.07, 6.45) is 0.933. The molecule has 2 fully saturated rings. The lowest BCUT2D eigenvalue weighted by atomic mass is 10.1. The summed E-state index contributed by atoms with van der Waals surface area (Å²) in [5, 5.41) is 2.87. The number of benzene rings is 2. The van der Waals surface area contributed by atoms with E-state index in [4.69, 9.17) is 9.47 Å². The van der Waals surface area contributed by atoms with Gasteiger partial charge in [-0.05, 0) is 48.9 Å². The SMILES string of the molecule is CC(=O)N[C@@H](C)c1ccc(OC2CCN(c3ccc(OCC4CC4(F)F)cc3)C2)cc1. The van der Waals surface area contributed by atoms with Gasteiger partial charge in [-0.1, -0.05) is 12.1 Å². The third kappa shape index (κ3) is 5.46. The van der Waals surface area contributed by atoms with Crippen molar-refractivity contribution in [1.82, 2.24) is 5.32 Å². The lowest BCUT2D eigenvalue weighted by Crippen LogP contribution is -2.24. The number of carbonyl (C=O) groups excluding carboxylic acids is 1. The molecule has 1 N–H and O–H groups in total. The highest BCUT2D eigenvalue weighted by atomic mass is 19.3. The number of nitrogens with zero attached hydrogens (tertiary/aromatic N) is 1. The molecule has 166 valence electrons. The van der Waals surface area contributed by atoms with Crippen LogP contribution < -0.4 is 19.7 Å².